The van der Waals surface area contributed by atoms with Crippen molar-refractivity contribution in [2.75, 3.05) is 31.1 Å². The lowest BCUT2D eigenvalue weighted by Crippen LogP contribution is -2.50. The van der Waals surface area contributed by atoms with Gasteiger partial charge in [-0.15, -0.1) is 0 Å². The quantitative estimate of drug-likeness (QED) is 0.797. The Labute approximate surface area is 125 Å². The first-order chi connectivity index (χ1) is 9.76. The zero-order chi connectivity index (χ0) is 15.6. The molecule has 0 saturated carbocycles. The van der Waals surface area contributed by atoms with E-state index in [0.717, 1.165) is 5.69 Å². The average Bonchev–Trinajstić information content (AvgIpc) is 2.40. The molecule has 5 heteroatoms. The van der Waals surface area contributed by atoms with Gasteiger partial charge in [0.1, 0.15) is 11.4 Å². The second kappa shape index (κ2) is 5.92. The molecule has 1 aliphatic rings. The number of piperazine rings is 1. The Morgan fingerprint density at radius 3 is 2.33 bits per heavy atom. The van der Waals surface area contributed by atoms with Gasteiger partial charge in [-0.25, -0.2) is 9.18 Å². The first-order valence-corrected chi connectivity index (χ1v) is 7.25. The summed E-state index contributed by atoms with van der Waals surface area (Å²) >= 11 is 0. The number of nitrogens with zero attached hydrogens (tertiary/aromatic N) is 2. The molecule has 1 aromatic rings. The topological polar surface area (TPSA) is 32.8 Å². The Balaban J connectivity index is 1.94. The van der Waals surface area contributed by atoms with Crippen LogP contribution in [-0.2, 0) is 4.74 Å². The number of anilines is 1. The highest BCUT2D eigenvalue weighted by atomic mass is 19.1. The monoisotopic (exact) mass is 294 g/mol. The van der Waals surface area contributed by atoms with Crippen molar-refractivity contribution in [2.45, 2.75) is 33.3 Å². The molecule has 1 fully saturated rings. The Hall–Kier alpha value is -1.78. The number of carbonyl (C=O) groups excluding carboxylic acids is 1. The Morgan fingerprint density at radius 2 is 1.81 bits per heavy atom. The number of hydrogen-bond acceptors (Lipinski definition) is 3. The number of rotatable bonds is 1. The summed E-state index contributed by atoms with van der Waals surface area (Å²) in [5.74, 6) is -0.193. The first kappa shape index (κ1) is 15.6. The van der Waals surface area contributed by atoms with Gasteiger partial charge in [-0.3, -0.25) is 0 Å². The number of amides is 1. The molecule has 1 saturated heterocycles. The van der Waals surface area contributed by atoms with Gasteiger partial charge in [-0.1, -0.05) is 6.07 Å². The maximum atomic E-state index is 13.6. The van der Waals surface area contributed by atoms with Crippen LogP contribution in [0.3, 0.4) is 0 Å². The number of carbonyl (C=O) groups is 1. The predicted molar refractivity (Wildman–Crippen MR) is 81.2 cm³/mol. The van der Waals surface area contributed by atoms with E-state index in [9.17, 15) is 9.18 Å². The minimum atomic E-state index is -0.478. The van der Waals surface area contributed by atoms with E-state index in [1.54, 1.807) is 24.0 Å². The van der Waals surface area contributed by atoms with Gasteiger partial charge in [0.2, 0.25) is 0 Å². The lowest BCUT2D eigenvalue weighted by molar-refractivity contribution is 0.0240. The minimum Gasteiger partial charge on any atom is -0.444 e. The molecule has 0 spiro atoms. The molecule has 0 unspecified atom stereocenters. The molecular formula is C16H23FN2O2. The van der Waals surface area contributed by atoms with Crippen molar-refractivity contribution < 1.29 is 13.9 Å². The van der Waals surface area contributed by atoms with Gasteiger partial charge in [-0.05, 0) is 45.4 Å². The number of benzene rings is 1. The summed E-state index contributed by atoms with van der Waals surface area (Å²) in [5, 5.41) is 0. The lowest BCUT2D eigenvalue weighted by Gasteiger charge is -2.36. The number of halogens is 1. The molecule has 1 heterocycles. The highest BCUT2D eigenvalue weighted by Gasteiger charge is 2.26. The van der Waals surface area contributed by atoms with Gasteiger partial charge in [0.15, 0.2) is 0 Å². The van der Waals surface area contributed by atoms with E-state index in [4.69, 9.17) is 4.74 Å². The Bertz CT molecular complexity index is 517. The lowest BCUT2D eigenvalue weighted by atomic mass is 10.2. The van der Waals surface area contributed by atoms with Crippen molar-refractivity contribution in [3.8, 4) is 0 Å². The van der Waals surface area contributed by atoms with Crippen LogP contribution in [0.15, 0.2) is 18.2 Å². The summed E-state index contributed by atoms with van der Waals surface area (Å²) < 4.78 is 19.0. The van der Waals surface area contributed by atoms with E-state index in [2.05, 4.69) is 4.90 Å². The van der Waals surface area contributed by atoms with Crippen molar-refractivity contribution in [1.82, 2.24) is 4.90 Å². The zero-order valence-electron chi connectivity index (χ0n) is 13.1. The largest absolute Gasteiger partial charge is 0.444 e. The normalized spacial score (nSPS) is 16.0. The maximum Gasteiger partial charge on any atom is 0.410 e. The van der Waals surface area contributed by atoms with Crippen LogP contribution in [0.25, 0.3) is 0 Å². The second-order valence-corrected chi connectivity index (χ2v) is 6.39. The minimum absolute atomic E-state index is 0.193. The Morgan fingerprint density at radius 1 is 1.19 bits per heavy atom. The van der Waals surface area contributed by atoms with Gasteiger partial charge in [0, 0.05) is 31.9 Å². The predicted octanol–water partition coefficient (Wildman–Crippen LogP) is 3.19. The third kappa shape index (κ3) is 4.09. The molecule has 0 atom stereocenters. The van der Waals surface area contributed by atoms with Gasteiger partial charge in [-0.2, -0.15) is 0 Å². The molecule has 1 aromatic carbocycles. The molecule has 0 radical (unpaired) electrons. The molecule has 0 aromatic heterocycles. The third-order valence-electron chi connectivity index (χ3n) is 3.45. The van der Waals surface area contributed by atoms with E-state index in [1.807, 2.05) is 26.8 Å². The number of ether oxygens (including phenoxy) is 1. The summed E-state index contributed by atoms with van der Waals surface area (Å²) in [5.41, 5.74) is 1.03. The fraction of sp³-hybridized carbons (Fsp3) is 0.562. The molecule has 0 bridgehead atoms. The Kier molecular flexibility index (Phi) is 4.40. The van der Waals surface area contributed by atoms with Gasteiger partial charge in [0.05, 0.1) is 0 Å². The van der Waals surface area contributed by atoms with E-state index < -0.39 is 5.60 Å². The highest BCUT2D eigenvalue weighted by Crippen LogP contribution is 2.20. The van der Waals surface area contributed by atoms with Crippen molar-refractivity contribution in [1.29, 1.82) is 0 Å². The molecule has 0 aliphatic carbocycles. The maximum absolute atomic E-state index is 13.6. The smallest absolute Gasteiger partial charge is 0.410 e. The molecule has 1 amide bonds. The van der Waals surface area contributed by atoms with Crippen molar-refractivity contribution in [3.63, 3.8) is 0 Å². The standard InChI is InChI=1S/C16H23FN2O2/c1-12-5-6-13(11-14(12)17)18-7-9-19(10-8-18)15(20)21-16(2,3)4/h5-6,11H,7-10H2,1-4H3. The van der Waals surface area contributed by atoms with Gasteiger partial charge >= 0.3 is 6.09 Å². The van der Waals surface area contributed by atoms with Crippen LogP contribution >= 0.6 is 0 Å². The summed E-state index contributed by atoms with van der Waals surface area (Å²) in [4.78, 5) is 15.8. The average molecular weight is 294 g/mol. The highest BCUT2D eigenvalue weighted by molar-refractivity contribution is 5.68. The van der Waals surface area contributed by atoms with Crippen LogP contribution in [-0.4, -0.2) is 42.8 Å². The van der Waals surface area contributed by atoms with E-state index >= 15 is 0 Å². The van der Waals surface area contributed by atoms with Crippen LogP contribution in [0, 0.1) is 12.7 Å². The molecule has 2 rings (SSSR count). The van der Waals surface area contributed by atoms with Crippen LogP contribution in [0.2, 0.25) is 0 Å². The fourth-order valence-electron chi connectivity index (χ4n) is 2.25. The van der Waals surface area contributed by atoms with Crippen LogP contribution in [0.1, 0.15) is 26.3 Å². The van der Waals surface area contributed by atoms with Gasteiger partial charge in [0.25, 0.3) is 0 Å². The van der Waals surface area contributed by atoms with Crippen molar-refractivity contribution in [3.05, 3.63) is 29.6 Å². The van der Waals surface area contributed by atoms with E-state index in [0.29, 0.717) is 31.7 Å². The summed E-state index contributed by atoms with van der Waals surface area (Å²) in [6, 6.07) is 5.25. The van der Waals surface area contributed by atoms with Crippen molar-refractivity contribution in [2.24, 2.45) is 0 Å². The van der Waals surface area contributed by atoms with Gasteiger partial charge < -0.3 is 14.5 Å². The van der Waals surface area contributed by atoms with E-state index in [1.165, 1.54) is 0 Å². The van der Waals surface area contributed by atoms with Crippen molar-refractivity contribution >= 4 is 11.8 Å². The van der Waals surface area contributed by atoms with Crippen LogP contribution in [0.4, 0.5) is 14.9 Å². The SMILES string of the molecule is Cc1ccc(N2CCN(C(=O)OC(C)(C)C)CC2)cc1F. The zero-order valence-corrected chi connectivity index (χ0v) is 13.1. The molecule has 21 heavy (non-hydrogen) atoms. The summed E-state index contributed by atoms with van der Waals surface area (Å²) in [6.07, 6.45) is -0.280. The first-order valence-electron chi connectivity index (χ1n) is 7.25. The number of hydrogen-bond donors (Lipinski definition) is 0. The number of aryl methyl sites for hydroxylation is 1. The summed E-state index contributed by atoms with van der Waals surface area (Å²) in [6.45, 7) is 9.86. The van der Waals surface area contributed by atoms with Crippen LogP contribution in [0.5, 0.6) is 0 Å². The molecule has 4 nitrogen and oxygen atoms in total. The molecular weight excluding hydrogens is 271 g/mol. The molecule has 1 aliphatic heterocycles. The third-order valence-corrected chi connectivity index (χ3v) is 3.45. The summed E-state index contributed by atoms with van der Waals surface area (Å²) in [7, 11) is 0. The molecule has 0 N–H and O–H groups in total. The van der Waals surface area contributed by atoms with E-state index in [-0.39, 0.29) is 11.9 Å². The van der Waals surface area contributed by atoms with Crippen LogP contribution < -0.4 is 4.90 Å². The fourth-order valence-corrected chi connectivity index (χ4v) is 2.25. The molecule has 116 valence electrons. The second-order valence-electron chi connectivity index (χ2n) is 6.39.